The molecule has 0 bridgehead atoms. The van der Waals surface area contributed by atoms with E-state index in [4.69, 9.17) is 27.9 Å². The van der Waals surface area contributed by atoms with Gasteiger partial charge in [0.2, 0.25) is 5.78 Å². The molecule has 10 heteroatoms. The van der Waals surface area contributed by atoms with Gasteiger partial charge in [0, 0.05) is 35.3 Å². The molecule has 0 radical (unpaired) electrons. The molecule has 1 amide bonds. The highest BCUT2D eigenvalue weighted by molar-refractivity contribution is 6.32. The minimum atomic E-state index is -2.17. The first kappa shape index (κ1) is 28.4. The molecule has 3 aromatic carbocycles. The first-order valence-electron chi connectivity index (χ1n) is 12.8. The third-order valence-electron chi connectivity index (χ3n) is 6.78. The zero-order chi connectivity index (χ0) is 29.1. The second-order valence-electron chi connectivity index (χ2n) is 9.42. The summed E-state index contributed by atoms with van der Waals surface area (Å²) in [5.41, 5.74) is -2.34. The number of benzene rings is 3. The zero-order valence-electron chi connectivity index (χ0n) is 21.5. The van der Waals surface area contributed by atoms with E-state index in [1.165, 1.54) is 42.6 Å². The summed E-state index contributed by atoms with van der Waals surface area (Å²) in [5.74, 6) is -2.41. The Hall–Kier alpha value is -4.11. The Labute approximate surface area is 245 Å². The van der Waals surface area contributed by atoms with Crippen LogP contribution in [-0.2, 0) is 10.5 Å². The van der Waals surface area contributed by atoms with Crippen molar-refractivity contribution in [2.45, 2.75) is 25.0 Å². The molecule has 7 nitrogen and oxygen atoms in total. The van der Waals surface area contributed by atoms with E-state index in [0.717, 1.165) is 11.0 Å². The summed E-state index contributed by atoms with van der Waals surface area (Å²) < 4.78 is 21.1. The predicted octanol–water partition coefficient (Wildman–Crippen LogP) is 6.18. The van der Waals surface area contributed by atoms with Crippen LogP contribution in [0.5, 0.6) is 5.75 Å². The van der Waals surface area contributed by atoms with Gasteiger partial charge < -0.3 is 14.7 Å². The van der Waals surface area contributed by atoms with Crippen molar-refractivity contribution < 1.29 is 28.6 Å². The number of nitrogens with zero attached hydrogens (tertiary/aromatic N) is 2. The minimum absolute atomic E-state index is 0.0189. The third-order valence-corrected chi connectivity index (χ3v) is 7.35. The molecule has 4 aromatic rings. The fourth-order valence-corrected chi connectivity index (χ4v) is 5.12. The van der Waals surface area contributed by atoms with Crippen molar-refractivity contribution in [2.24, 2.45) is 0 Å². The Morgan fingerprint density at radius 1 is 0.976 bits per heavy atom. The molecular weight excluding hydrogens is 570 g/mol. The van der Waals surface area contributed by atoms with Crippen LogP contribution < -0.4 is 4.74 Å². The van der Waals surface area contributed by atoms with Crippen LogP contribution in [0.15, 0.2) is 85.1 Å². The molecule has 0 saturated carbocycles. The molecule has 2 heterocycles. The van der Waals surface area contributed by atoms with Crippen molar-refractivity contribution in [1.82, 2.24) is 9.88 Å². The highest BCUT2D eigenvalue weighted by atomic mass is 35.5. The number of esters is 1. The average Bonchev–Trinajstić information content (AvgIpc) is 3.19. The van der Waals surface area contributed by atoms with Gasteiger partial charge in [0.15, 0.2) is 5.72 Å². The number of carbonyl (C=O) groups excluding carboxylic acids is 3. The largest absolute Gasteiger partial charge is 0.425 e. The summed E-state index contributed by atoms with van der Waals surface area (Å²) in [4.78, 5) is 44.2. The number of aromatic nitrogens is 1. The summed E-state index contributed by atoms with van der Waals surface area (Å²) in [7, 11) is 0. The van der Waals surface area contributed by atoms with E-state index in [1.807, 2.05) is 0 Å². The third kappa shape index (κ3) is 5.59. The molecular formula is C31H23Cl2FN2O5. The van der Waals surface area contributed by atoms with E-state index in [1.54, 1.807) is 36.4 Å². The standard InChI is InChI=1S/C31H23Cl2FN2O5/c32-21-13-11-20(12-14-21)31(40)28-22(17-19(18-24(28)34)29(38)25-8-3-5-15-35-25)30(39)36(31)16-6-4-10-27(37)41-26-9-2-1-7-23(26)33/h1-3,5,7-9,11-15,17-18,40H,4,6,10,16H2. The van der Waals surface area contributed by atoms with Crippen molar-refractivity contribution >= 4 is 40.9 Å². The number of para-hydroxylation sites is 1. The van der Waals surface area contributed by atoms with Gasteiger partial charge in [-0.15, -0.1) is 0 Å². The Morgan fingerprint density at radius 3 is 2.41 bits per heavy atom. The molecule has 208 valence electrons. The second-order valence-corrected chi connectivity index (χ2v) is 10.3. The summed E-state index contributed by atoms with van der Waals surface area (Å²) in [6.45, 7) is -0.0189. The molecule has 1 aliphatic rings. The molecule has 0 saturated heterocycles. The van der Waals surface area contributed by atoms with Gasteiger partial charge in [-0.25, -0.2) is 4.39 Å². The van der Waals surface area contributed by atoms with Crippen LogP contribution in [0.4, 0.5) is 4.39 Å². The molecule has 1 unspecified atom stereocenters. The molecule has 1 N–H and O–H groups in total. The number of hydrogen-bond acceptors (Lipinski definition) is 6. The molecule has 0 spiro atoms. The SMILES string of the molecule is O=C(CCCCN1C(=O)c2cc(C(=O)c3ccccn3)cc(F)c2C1(O)c1ccc(Cl)cc1)Oc1ccccc1Cl. The quantitative estimate of drug-likeness (QED) is 0.108. The lowest BCUT2D eigenvalue weighted by Gasteiger charge is -2.35. The lowest BCUT2D eigenvalue weighted by atomic mass is 9.91. The number of carbonyl (C=O) groups is 3. The second kappa shape index (κ2) is 11.8. The van der Waals surface area contributed by atoms with Crippen molar-refractivity contribution in [2.75, 3.05) is 6.54 Å². The number of halogens is 3. The Bertz CT molecular complexity index is 1630. The summed E-state index contributed by atoms with van der Waals surface area (Å²) in [5, 5.41) is 12.7. The van der Waals surface area contributed by atoms with Crippen molar-refractivity contribution in [3.05, 3.63) is 129 Å². The number of fused-ring (bicyclic) bond motifs is 1. The Balaban J connectivity index is 1.40. The van der Waals surface area contributed by atoms with E-state index in [0.29, 0.717) is 16.5 Å². The van der Waals surface area contributed by atoms with Crippen LogP contribution in [0.1, 0.15) is 56.8 Å². The fraction of sp³-hybridized carbons (Fsp3) is 0.161. The normalized spacial score (nSPS) is 16.0. The van der Waals surface area contributed by atoms with Gasteiger partial charge in [0.05, 0.1) is 16.1 Å². The van der Waals surface area contributed by atoms with E-state index in [2.05, 4.69) is 4.98 Å². The number of rotatable bonds is 9. The van der Waals surface area contributed by atoms with Gasteiger partial charge in [-0.1, -0.05) is 53.5 Å². The number of pyridine rings is 1. The van der Waals surface area contributed by atoms with Crippen LogP contribution >= 0.6 is 23.2 Å². The first-order valence-corrected chi connectivity index (χ1v) is 13.5. The molecule has 1 aromatic heterocycles. The van der Waals surface area contributed by atoms with Gasteiger partial charge >= 0.3 is 5.97 Å². The monoisotopic (exact) mass is 592 g/mol. The molecule has 1 aliphatic heterocycles. The molecule has 1 atom stereocenters. The van der Waals surface area contributed by atoms with Crippen LogP contribution in [-0.4, -0.2) is 39.2 Å². The number of amides is 1. The van der Waals surface area contributed by atoms with Gasteiger partial charge in [-0.05, 0) is 61.4 Å². The number of ketones is 1. The van der Waals surface area contributed by atoms with Crippen molar-refractivity contribution in [1.29, 1.82) is 0 Å². The van der Waals surface area contributed by atoms with Crippen LogP contribution in [0, 0.1) is 5.82 Å². The van der Waals surface area contributed by atoms with E-state index in [9.17, 15) is 19.5 Å². The minimum Gasteiger partial charge on any atom is -0.425 e. The van der Waals surface area contributed by atoms with Crippen molar-refractivity contribution in [3.8, 4) is 5.75 Å². The van der Waals surface area contributed by atoms with Crippen LogP contribution in [0.2, 0.25) is 10.0 Å². The molecule has 5 rings (SSSR count). The molecule has 0 fully saturated rings. The Kier molecular flexibility index (Phi) is 8.17. The maximum Gasteiger partial charge on any atom is 0.311 e. The number of ether oxygens (including phenoxy) is 1. The summed E-state index contributed by atoms with van der Waals surface area (Å²) in [6.07, 6.45) is 2.06. The number of aliphatic hydroxyl groups is 1. The van der Waals surface area contributed by atoms with E-state index >= 15 is 4.39 Å². The van der Waals surface area contributed by atoms with E-state index < -0.39 is 29.2 Å². The highest BCUT2D eigenvalue weighted by Crippen LogP contribution is 2.44. The van der Waals surface area contributed by atoms with Gasteiger partial charge in [-0.2, -0.15) is 0 Å². The maximum atomic E-state index is 15.8. The van der Waals surface area contributed by atoms with E-state index in [-0.39, 0.29) is 53.1 Å². The smallest absolute Gasteiger partial charge is 0.311 e. The summed E-state index contributed by atoms with van der Waals surface area (Å²) >= 11 is 12.1. The summed E-state index contributed by atoms with van der Waals surface area (Å²) in [6, 6.07) is 19.7. The van der Waals surface area contributed by atoms with Crippen LogP contribution in [0.3, 0.4) is 0 Å². The van der Waals surface area contributed by atoms with Crippen molar-refractivity contribution in [3.63, 3.8) is 0 Å². The van der Waals surface area contributed by atoms with Crippen LogP contribution in [0.25, 0.3) is 0 Å². The fourth-order valence-electron chi connectivity index (χ4n) is 4.82. The number of hydrogen-bond donors (Lipinski definition) is 1. The lowest BCUT2D eigenvalue weighted by Crippen LogP contribution is -2.45. The van der Waals surface area contributed by atoms with Gasteiger partial charge in [0.25, 0.3) is 5.91 Å². The maximum absolute atomic E-state index is 15.8. The zero-order valence-corrected chi connectivity index (χ0v) is 23.0. The first-order chi connectivity index (χ1) is 19.7. The Morgan fingerprint density at radius 2 is 1.71 bits per heavy atom. The molecule has 0 aliphatic carbocycles. The predicted molar refractivity (Wildman–Crippen MR) is 150 cm³/mol. The molecule has 41 heavy (non-hydrogen) atoms. The average molecular weight is 593 g/mol. The van der Waals surface area contributed by atoms with Gasteiger partial charge in [-0.3, -0.25) is 19.4 Å². The van der Waals surface area contributed by atoms with Gasteiger partial charge in [0.1, 0.15) is 17.3 Å². The topological polar surface area (TPSA) is 96.8 Å². The lowest BCUT2D eigenvalue weighted by molar-refractivity contribution is -0.134. The highest BCUT2D eigenvalue weighted by Gasteiger charge is 2.52. The number of unbranched alkanes of at least 4 members (excludes halogenated alkanes) is 1.